The van der Waals surface area contributed by atoms with Crippen LogP contribution in [0.2, 0.25) is 0 Å². The largest absolute Gasteiger partial charge is 0.481 e. The fourth-order valence-corrected chi connectivity index (χ4v) is 2.77. The summed E-state index contributed by atoms with van der Waals surface area (Å²) >= 11 is 0. The van der Waals surface area contributed by atoms with Gasteiger partial charge in [-0.3, -0.25) is 4.79 Å². The lowest BCUT2D eigenvalue weighted by atomic mass is 9.75. The van der Waals surface area contributed by atoms with Crippen LogP contribution >= 0.6 is 0 Å². The Morgan fingerprint density at radius 3 is 3.00 bits per heavy atom. The van der Waals surface area contributed by atoms with Crippen molar-refractivity contribution in [2.24, 2.45) is 11.8 Å². The lowest BCUT2D eigenvalue weighted by Gasteiger charge is -2.31. The molecule has 2 fully saturated rings. The average molecular weight is 184 g/mol. The zero-order valence-electron chi connectivity index (χ0n) is 7.74. The van der Waals surface area contributed by atoms with Gasteiger partial charge in [0.05, 0.1) is 6.10 Å². The summed E-state index contributed by atoms with van der Waals surface area (Å²) < 4.78 is 5.58. The van der Waals surface area contributed by atoms with Gasteiger partial charge in [-0.25, -0.2) is 0 Å². The summed E-state index contributed by atoms with van der Waals surface area (Å²) in [5, 5.41) is 8.74. The highest BCUT2D eigenvalue weighted by Gasteiger charge is 2.38. The van der Waals surface area contributed by atoms with Crippen LogP contribution < -0.4 is 0 Å². The molecule has 0 amide bonds. The highest BCUT2D eigenvalue weighted by Crippen LogP contribution is 2.39. The predicted octanol–water partition coefficient (Wildman–Crippen LogP) is 1.67. The molecular formula is C10H16O3. The van der Waals surface area contributed by atoms with Gasteiger partial charge < -0.3 is 9.84 Å². The molecule has 0 radical (unpaired) electrons. The van der Waals surface area contributed by atoms with E-state index in [2.05, 4.69) is 0 Å². The van der Waals surface area contributed by atoms with Crippen molar-refractivity contribution in [1.29, 1.82) is 0 Å². The Morgan fingerprint density at radius 2 is 2.23 bits per heavy atom. The van der Waals surface area contributed by atoms with Gasteiger partial charge in [0.15, 0.2) is 0 Å². The SMILES string of the molecule is O=C(O)C[C@@H]1CCC[C@H]2OCC[C@H]12. The fraction of sp³-hybridized carbons (Fsp3) is 0.900. The van der Waals surface area contributed by atoms with Crippen LogP contribution in [0.1, 0.15) is 32.1 Å². The second-order valence-corrected chi connectivity index (χ2v) is 4.15. The zero-order chi connectivity index (χ0) is 9.26. The normalized spacial score (nSPS) is 38.6. The van der Waals surface area contributed by atoms with Gasteiger partial charge in [0.2, 0.25) is 0 Å². The van der Waals surface area contributed by atoms with E-state index in [1.807, 2.05) is 0 Å². The molecule has 13 heavy (non-hydrogen) atoms. The fourth-order valence-electron chi connectivity index (χ4n) is 2.77. The van der Waals surface area contributed by atoms with Crippen molar-refractivity contribution < 1.29 is 14.6 Å². The molecule has 0 unspecified atom stereocenters. The standard InChI is InChI=1S/C10H16O3/c11-10(12)6-7-2-1-3-9-8(7)4-5-13-9/h7-9H,1-6H2,(H,11,12)/t7-,8+,9+/m0/s1. The smallest absolute Gasteiger partial charge is 0.303 e. The average Bonchev–Trinajstić information content (AvgIpc) is 2.51. The maximum absolute atomic E-state index is 10.6. The van der Waals surface area contributed by atoms with E-state index in [-0.39, 0.29) is 0 Å². The molecule has 1 N–H and O–H groups in total. The summed E-state index contributed by atoms with van der Waals surface area (Å²) in [6.07, 6.45) is 5.14. The van der Waals surface area contributed by atoms with Crippen LogP contribution in [0, 0.1) is 11.8 Å². The number of carboxylic acid groups (broad SMARTS) is 1. The lowest BCUT2D eigenvalue weighted by molar-refractivity contribution is -0.139. The van der Waals surface area contributed by atoms with Crippen LogP contribution in [-0.2, 0) is 9.53 Å². The highest BCUT2D eigenvalue weighted by atomic mass is 16.5. The van der Waals surface area contributed by atoms with Crippen molar-refractivity contribution in [2.75, 3.05) is 6.61 Å². The molecule has 1 saturated heterocycles. The Balaban J connectivity index is 1.97. The van der Waals surface area contributed by atoms with Crippen LogP contribution in [0.25, 0.3) is 0 Å². The third-order valence-electron chi connectivity index (χ3n) is 3.37. The molecule has 0 bridgehead atoms. The minimum Gasteiger partial charge on any atom is -0.481 e. The van der Waals surface area contributed by atoms with Crippen molar-refractivity contribution in [2.45, 2.75) is 38.2 Å². The minimum absolute atomic E-state index is 0.338. The molecule has 1 aliphatic carbocycles. The molecular weight excluding hydrogens is 168 g/mol. The van der Waals surface area contributed by atoms with E-state index in [1.54, 1.807) is 0 Å². The van der Waals surface area contributed by atoms with Crippen LogP contribution in [0.5, 0.6) is 0 Å². The lowest BCUT2D eigenvalue weighted by Crippen LogP contribution is -2.30. The predicted molar refractivity (Wildman–Crippen MR) is 47.4 cm³/mol. The monoisotopic (exact) mass is 184 g/mol. The van der Waals surface area contributed by atoms with Gasteiger partial charge in [0, 0.05) is 13.0 Å². The Bertz CT molecular complexity index is 202. The summed E-state index contributed by atoms with van der Waals surface area (Å²) in [6.45, 7) is 0.839. The maximum atomic E-state index is 10.6. The Morgan fingerprint density at radius 1 is 1.38 bits per heavy atom. The number of carboxylic acids is 1. The first-order valence-electron chi connectivity index (χ1n) is 5.11. The van der Waals surface area contributed by atoms with E-state index in [9.17, 15) is 4.79 Å². The molecule has 2 aliphatic rings. The van der Waals surface area contributed by atoms with Gasteiger partial charge in [-0.1, -0.05) is 6.42 Å². The number of hydrogen-bond acceptors (Lipinski definition) is 2. The zero-order valence-corrected chi connectivity index (χ0v) is 7.74. The summed E-state index contributed by atoms with van der Waals surface area (Å²) in [6, 6.07) is 0. The number of fused-ring (bicyclic) bond motifs is 1. The van der Waals surface area contributed by atoms with Crippen LogP contribution in [0.4, 0.5) is 0 Å². The molecule has 1 saturated carbocycles. The molecule has 74 valence electrons. The Labute approximate surface area is 78.1 Å². The molecule has 1 aliphatic heterocycles. The van der Waals surface area contributed by atoms with Crippen LogP contribution in [-0.4, -0.2) is 23.8 Å². The van der Waals surface area contributed by atoms with E-state index in [0.717, 1.165) is 32.3 Å². The van der Waals surface area contributed by atoms with Crippen LogP contribution in [0.15, 0.2) is 0 Å². The number of carbonyl (C=O) groups is 1. The van der Waals surface area contributed by atoms with Gasteiger partial charge in [-0.2, -0.15) is 0 Å². The number of ether oxygens (including phenoxy) is 1. The van der Waals surface area contributed by atoms with Gasteiger partial charge in [0.25, 0.3) is 0 Å². The third-order valence-corrected chi connectivity index (χ3v) is 3.37. The topological polar surface area (TPSA) is 46.5 Å². The van der Waals surface area contributed by atoms with Gasteiger partial charge in [-0.05, 0) is 31.1 Å². The van der Waals surface area contributed by atoms with Crippen molar-refractivity contribution in [3.8, 4) is 0 Å². The summed E-state index contributed by atoms with van der Waals surface area (Å²) in [4.78, 5) is 10.6. The maximum Gasteiger partial charge on any atom is 0.303 e. The van der Waals surface area contributed by atoms with E-state index in [0.29, 0.717) is 24.4 Å². The molecule has 0 aromatic carbocycles. The van der Waals surface area contributed by atoms with E-state index in [1.165, 1.54) is 0 Å². The first-order chi connectivity index (χ1) is 6.27. The number of rotatable bonds is 2. The van der Waals surface area contributed by atoms with Crippen molar-refractivity contribution in [3.63, 3.8) is 0 Å². The molecule has 3 nitrogen and oxygen atoms in total. The first-order valence-corrected chi connectivity index (χ1v) is 5.11. The second kappa shape index (κ2) is 3.66. The first kappa shape index (κ1) is 9.00. The van der Waals surface area contributed by atoms with Gasteiger partial charge in [0.1, 0.15) is 0 Å². The molecule has 2 rings (SSSR count). The molecule has 1 heterocycles. The molecule has 3 atom stereocenters. The molecule has 0 spiro atoms. The minimum atomic E-state index is -0.655. The highest BCUT2D eigenvalue weighted by molar-refractivity contribution is 5.67. The Kier molecular flexibility index (Phi) is 2.54. The van der Waals surface area contributed by atoms with Crippen molar-refractivity contribution >= 4 is 5.97 Å². The quantitative estimate of drug-likeness (QED) is 0.710. The number of aliphatic carboxylic acids is 1. The summed E-state index contributed by atoms with van der Waals surface area (Å²) in [5.74, 6) is 0.251. The van der Waals surface area contributed by atoms with Crippen molar-refractivity contribution in [1.82, 2.24) is 0 Å². The Hall–Kier alpha value is -0.570. The number of hydrogen-bond donors (Lipinski definition) is 1. The van der Waals surface area contributed by atoms with Crippen LogP contribution in [0.3, 0.4) is 0 Å². The van der Waals surface area contributed by atoms with E-state index in [4.69, 9.17) is 9.84 Å². The third kappa shape index (κ3) is 1.85. The van der Waals surface area contributed by atoms with Gasteiger partial charge >= 0.3 is 5.97 Å². The van der Waals surface area contributed by atoms with E-state index < -0.39 is 5.97 Å². The summed E-state index contributed by atoms with van der Waals surface area (Å²) in [7, 11) is 0. The molecule has 0 aromatic heterocycles. The van der Waals surface area contributed by atoms with E-state index >= 15 is 0 Å². The second-order valence-electron chi connectivity index (χ2n) is 4.15. The van der Waals surface area contributed by atoms with Gasteiger partial charge in [-0.15, -0.1) is 0 Å². The molecule has 3 heteroatoms. The van der Waals surface area contributed by atoms with Crippen molar-refractivity contribution in [3.05, 3.63) is 0 Å². The summed E-state index contributed by atoms with van der Waals surface area (Å²) in [5.41, 5.74) is 0. The molecule has 0 aromatic rings.